The summed E-state index contributed by atoms with van der Waals surface area (Å²) in [6.45, 7) is 19.4. The van der Waals surface area contributed by atoms with E-state index in [0.29, 0.717) is 16.6 Å². The van der Waals surface area contributed by atoms with Crippen LogP contribution in [0.4, 0.5) is 0 Å². The highest BCUT2D eigenvalue weighted by atomic mass is 28.4. The van der Waals surface area contributed by atoms with E-state index in [2.05, 4.69) is 48.1 Å². The first kappa shape index (κ1) is 18.4. The van der Waals surface area contributed by atoms with Crippen molar-refractivity contribution < 1.29 is 14.0 Å². The molecule has 3 nitrogen and oxygen atoms in total. The Morgan fingerprint density at radius 1 is 1.19 bits per heavy atom. The number of cyclic esters (lactones) is 1. The predicted molar refractivity (Wildman–Crippen MR) is 89.8 cm³/mol. The minimum absolute atomic E-state index is 0.0331. The number of hydrogen-bond donors (Lipinski definition) is 0. The van der Waals surface area contributed by atoms with Crippen LogP contribution in [0.2, 0.25) is 16.6 Å². The van der Waals surface area contributed by atoms with Crippen molar-refractivity contribution in [3.05, 3.63) is 12.7 Å². The fourth-order valence-electron chi connectivity index (χ4n) is 3.88. The largest absolute Gasteiger partial charge is 0.459 e. The van der Waals surface area contributed by atoms with Crippen LogP contribution >= 0.6 is 0 Å². The van der Waals surface area contributed by atoms with E-state index in [-0.39, 0.29) is 24.1 Å². The summed E-state index contributed by atoms with van der Waals surface area (Å²) in [6, 6.07) is 0. The van der Waals surface area contributed by atoms with E-state index < -0.39 is 8.32 Å². The fraction of sp³-hybridized carbons (Fsp3) is 0.824. The zero-order chi connectivity index (χ0) is 16.4. The maximum atomic E-state index is 11.7. The molecule has 0 unspecified atom stereocenters. The molecule has 0 N–H and O–H groups in total. The van der Waals surface area contributed by atoms with Crippen molar-refractivity contribution in [1.82, 2.24) is 0 Å². The van der Waals surface area contributed by atoms with E-state index in [1.807, 2.05) is 13.0 Å². The Hall–Kier alpha value is -0.613. The van der Waals surface area contributed by atoms with Crippen molar-refractivity contribution in [2.24, 2.45) is 5.92 Å². The molecule has 0 spiro atoms. The maximum Gasteiger partial charge on any atom is 0.309 e. The molecule has 0 aromatic rings. The van der Waals surface area contributed by atoms with E-state index in [9.17, 15) is 4.79 Å². The highest BCUT2D eigenvalue weighted by Gasteiger charge is 2.48. The Labute approximate surface area is 131 Å². The lowest BCUT2D eigenvalue weighted by Gasteiger charge is -2.44. The van der Waals surface area contributed by atoms with Gasteiger partial charge in [-0.05, 0) is 16.6 Å². The molecule has 3 atom stereocenters. The highest BCUT2D eigenvalue weighted by molar-refractivity contribution is 6.77. The molecule has 1 heterocycles. The van der Waals surface area contributed by atoms with Crippen molar-refractivity contribution in [3.8, 4) is 0 Å². The van der Waals surface area contributed by atoms with E-state index in [0.717, 1.165) is 6.42 Å². The second-order valence-electron chi connectivity index (χ2n) is 7.25. The van der Waals surface area contributed by atoms with Gasteiger partial charge in [0.25, 0.3) is 0 Å². The lowest BCUT2D eigenvalue weighted by Crippen LogP contribution is -2.51. The minimum atomic E-state index is -1.99. The summed E-state index contributed by atoms with van der Waals surface area (Å²) < 4.78 is 12.2. The zero-order valence-electron chi connectivity index (χ0n) is 14.7. The molecule has 0 aliphatic carbocycles. The second-order valence-corrected chi connectivity index (χ2v) is 12.7. The smallest absolute Gasteiger partial charge is 0.309 e. The molecule has 0 aromatic carbocycles. The van der Waals surface area contributed by atoms with E-state index in [4.69, 9.17) is 9.16 Å². The van der Waals surface area contributed by atoms with E-state index in [1.165, 1.54) is 0 Å². The number of hydrogen-bond acceptors (Lipinski definition) is 3. The standard InChI is InChI=1S/C17H32O3Si/c1-9-15(16-10-14(8)17(18)19-16)20-21(11(2)3,12(4)5)13(6)7/h9,11-16H,1,10H2,2-8H3/t14-,15+,16+/m1/s1. The van der Waals surface area contributed by atoms with Gasteiger partial charge in [0.2, 0.25) is 8.32 Å². The number of carbonyl (C=O) groups is 1. The molecule has 122 valence electrons. The summed E-state index contributed by atoms with van der Waals surface area (Å²) in [4.78, 5) is 11.7. The molecule has 0 radical (unpaired) electrons. The van der Waals surface area contributed by atoms with Gasteiger partial charge in [0.15, 0.2) is 0 Å². The predicted octanol–water partition coefficient (Wildman–Crippen LogP) is 4.68. The van der Waals surface area contributed by atoms with Gasteiger partial charge in [-0.3, -0.25) is 4.79 Å². The first-order valence-corrected chi connectivity index (χ1v) is 10.3. The maximum absolute atomic E-state index is 11.7. The van der Waals surface area contributed by atoms with Crippen LogP contribution in [0.25, 0.3) is 0 Å². The Kier molecular flexibility index (Phi) is 6.23. The molecular formula is C17H32O3Si. The molecular weight excluding hydrogens is 280 g/mol. The van der Waals surface area contributed by atoms with Crippen LogP contribution in [-0.2, 0) is 14.0 Å². The lowest BCUT2D eigenvalue weighted by atomic mass is 10.0. The molecule has 1 saturated heterocycles. The lowest BCUT2D eigenvalue weighted by molar-refractivity contribution is -0.146. The molecule has 21 heavy (non-hydrogen) atoms. The molecule has 0 saturated carbocycles. The van der Waals surface area contributed by atoms with E-state index >= 15 is 0 Å². The third-order valence-corrected chi connectivity index (χ3v) is 11.0. The summed E-state index contributed by atoms with van der Waals surface area (Å²) in [5.74, 6) is -0.143. The molecule has 4 heteroatoms. The average molecular weight is 313 g/mol. The highest BCUT2D eigenvalue weighted by Crippen LogP contribution is 2.44. The van der Waals surface area contributed by atoms with Crippen LogP contribution in [-0.4, -0.2) is 26.5 Å². The molecule has 1 fully saturated rings. The number of ether oxygens (including phenoxy) is 1. The van der Waals surface area contributed by atoms with Crippen LogP contribution < -0.4 is 0 Å². The fourth-order valence-corrected chi connectivity index (χ4v) is 9.41. The normalized spacial score (nSPS) is 24.8. The first-order valence-electron chi connectivity index (χ1n) is 8.17. The van der Waals surface area contributed by atoms with Crippen molar-refractivity contribution in [3.63, 3.8) is 0 Å². The number of carbonyl (C=O) groups excluding carboxylic acids is 1. The third kappa shape index (κ3) is 3.59. The van der Waals surface area contributed by atoms with Gasteiger partial charge in [0.05, 0.1) is 5.92 Å². The number of esters is 1. The Balaban J connectivity index is 3.00. The summed E-state index contributed by atoms with van der Waals surface area (Å²) in [5.41, 5.74) is 1.53. The molecule has 0 aromatic heterocycles. The Morgan fingerprint density at radius 2 is 1.67 bits per heavy atom. The second kappa shape index (κ2) is 7.10. The average Bonchev–Trinajstić information content (AvgIpc) is 2.69. The Morgan fingerprint density at radius 3 is 1.95 bits per heavy atom. The summed E-state index contributed by atoms with van der Waals surface area (Å²) >= 11 is 0. The molecule has 1 aliphatic rings. The van der Waals surface area contributed by atoms with Gasteiger partial charge in [-0.1, -0.05) is 54.5 Å². The molecule has 0 amide bonds. The van der Waals surface area contributed by atoms with E-state index in [1.54, 1.807) is 0 Å². The van der Waals surface area contributed by atoms with Gasteiger partial charge >= 0.3 is 5.97 Å². The number of rotatable bonds is 7. The van der Waals surface area contributed by atoms with Gasteiger partial charge in [0.1, 0.15) is 12.2 Å². The quantitative estimate of drug-likeness (QED) is 0.389. The first-order chi connectivity index (χ1) is 9.66. The van der Waals surface area contributed by atoms with Crippen molar-refractivity contribution in [2.75, 3.05) is 0 Å². The summed E-state index contributed by atoms with van der Waals surface area (Å²) in [7, 11) is -1.99. The van der Waals surface area contributed by atoms with Crippen LogP contribution in [0.5, 0.6) is 0 Å². The van der Waals surface area contributed by atoms with Crippen LogP contribution in [0.15, 0.2) is 12.7 Å². The van der Waals surface area contributed by atoms with Gasteiger partial charge in [0, 0.05) is 6.42 Å². The minimum Gasteiger partial charge on any atom is -0.459 e. The monoisotopic (exact) mass is 312 g/mol. The SMILES string of the molecule is C=C[C@H](O[Si](C(C)C)(C(C)C)C(C)C)[C@@H]1C[C@@H](C)C(=O)O1. The van der Waals surface area contributed by atoms with Crippen molar-refractivity contribution in [2.45, 2.75) is 83.7 Å². The van der Waals surface area contributed by atoms with Crippen molar-refractivity contribution in [1.29, 1.82) is 0 Å². The third-order valence-electron chi connectivity index (χ3n) is 4.90. The van der Waals surface area contributed by atoms with Gasteiger partial charge in [-0.2, -0.15) is 0 Å². The molecule has 0 bridgehead atoms. The molecule has 1 rings (SSSR count). The van der Waals surface area contributed by atoms with Gasteiger partial charge in [-0.15, -0.1) is 6.58 Å². The summed E-state index contributed by atoms with van der Waals surface area (Å²) in [5, 5.41) is 0. The Bertz CT molecular complexity index is 354. The van der Waals surface area contributed by atoms with Crippen LogP contribution in [0.1, 0.15) is 54.9 Å². The van der Waals surface area contributed by atoms with Crippen molar-refractivity contribution >= 4 is 14.3 Å². The topological polar surface area (TPSA) is 35.5 Å². The van der Waals surface area contributed by atoms with Crippen LogP contribution in [0, 0.1) is 5.92 Å². The zero-order valence-corrected chi connectivity index (χ0v) is 15.7. The van der Waals surface area contributed by atoms with Gasteiger partial charge < -0.3 is 9.16 Å². The van der Waals surface area contributed by atoms with Gasteiger partial charge in [-0.25, -0.2) is 0 Å². The molecule has 1 aliphatic heterocycles. The van der Waals surface area contributed by atoms with Crippen LogP contribution in [0.3, 0.4) is 0 Å². The summed E-state index contributed by atoms with van der Waals surface area (Å²) in [6.07, 6.45) is 2.20.